The van der Waals surface area contributed by atoms with E-state index in [2.05, 4.69) is 0 Å². The Morgan fingerprint density at radius 1 is 1.50 bits per heavy atom. The molecular weight excluding hydrogens is 294 g/mol. The molecule has 18 valence electrons. The van der Waals surface area contributed by atoms with Crippen molar-refractivity contribution < 1.29 is 53.1 Å². The minimum absolute atomic E-state index is 0. The van der Waals surface area contributed by atoms with Gasteiger partial charge in [-0.3, -0.25) is 0 Å². The molecule has 0 aliphatic heterocycles. The summed E-state index contributed by atoms with van der Waals surface area (Å²) in [7, 11) is 9.97. The molecule has 0 rings (SSSR count). The maximum Gasteiger partial charge on any atom is 1.00 e. The second kappa shape index (κ2) is 9.10. The molecule has 0 fully saturated rings. The van der Waals surface area contributed by atoms with Crippen LogP contribution in [0.1, 0.15) is 1.43 Å². The molecule has 0 unspecified atom stereocenters. The van der Waals surface area contributed by atoms with Crippen LogP contribution in [-0.2, 0) is 22.1 Å². The van der Waals surface area contributed by atoms with E-state index >= 15 is 0 Å². The van der Waals surface area contributed by atoms with Gasteiger partial charge in [0, 0.05) is 0 Å². The Labute approximate surface area is 68.3 Å². The van der Waals surface area contributed by atoms with Crippen LogP contribution in [0.3, 0.4) is 0 Å². The van der Waals surface area contributed by atoms with Crippen LogP contribution in [0.25, 0.3) is 0 Å². The Balaban J connectivity index is -0.0000000200. The first-order valence-electron chi connectivity index (χ1n) is 0.535. The molecule has 0 saturated carbocycles. The third-order valence-corrected chi connectivity index (χ3v) is 0. The van der Waals surface area contributed by atoms with Crippen molar-refractivity contribution in [1.29, 1.82) is 0 Å². The zero-order chi connectivity index (χ0) is 2.71. The summed E-state index contributed by atoms with van der Waals surface area (Å²) in [6.07, 6.45) is 0. The zero-order valence-corrected chi connectivity index (χ0v) is 11.5. The van der Waals surface area contributed by atoms with Crippen LogP contribution >= 0.6 is 16.5 Å². The molecule has 0 spiro atoms. The second-order valence-electron chi connectivity index (χ2n) is 0.101. The molecule has 0 aromatic carbocycles. The summed E-state index contributed by atoms with van der Waals surface area (Å²) in [4.78, 5) is 0. The van der Waals surface area contributed by atoms with Gasteiger partial charge in [-0.1, -0.05) is 0 Å². The molecule has 0 aliphatic rings. The largest absolute Gasteiger partial charge is 1.00 e. The zero-order valence-electron chi connectivity index (χ0n) is 3.46. The van der Waals surface area contributed by atoms with Crippen LogP contribution in [-0.4, -0.2) is 0 Å². The molecule has 0 atom stereocenters. The first kappa shape index (κ1) is 9.72. The third-order valence-electron chi connectivity index (χ3n) is 0. The minimum atomic E-state index is -1.14. The van der Waals surface area contributed by atoms with Crippen LogP contribution in [0.15, 0.2) is 0 Å². The van der Waals surface area contributed by atoms with Gasteiger partial charge in [-0.05, 0) is 0 Å². The van der Waals surface area contributed by atoms with E-state index in [4.69, 9.17) is 16.5 Å². The molecule has 0 saturated heterocycles. The monoisotopic (exact) mass is 296 g/mol. The van der Waals surface area contributed by atoms with E-state index < -0.39 is 22.1 Å². The average molecular weight is 295 g/mol. The molecule has 0 N–H and O–H groups in total. The van der Waals surface area contributed by atoms with Crippen molar-refractivity contribution in [1.82, 2.24) is 0 Å². The number of hydrogen-bond acceptors (Lipinski definition) is 0. The average Bonchev–Trinajstić information content (AvgIpc) is 0.918. The van der Waals surface area contributed by atoms with E-state index in [0.29, 0.717) is 0 Å². The maximum atomic E-state index is 4.99. The van der Waals surface area contributed by atoms with Gasteiger partial charge in [0.05, 0.1) is 0 Å². The van der Waals surface area contributed by atoms with E-state index in [9.17, 15) is 0 Å². The van der Waals surface area contributed by atoms with Crippen molar-refractivity contribution >= 4 is 16.5 Å². The maximum absolute atomic E-state index is 4.99. The van der Waals surface area contributed by atoms with Crippen molar-refractivity contribution in [3.63, 3.8) is 0 Å². The molecule has 0 bridgehead atoms. The fraction of sp³-hybridized carbons (Fsp3) is 0. The van der Waals surface area contributed by atoms with Crippen LogP contribution < -0.4 is 29.6 Å². The SMILES string of the molecule is [Cl][Hg][Cl].[H-].[Na+]. The summed E-state index contributed by atoms with van der Waals surface area (Å²) >= 11 is -1.14. The normalized spacial score (nSPS) is 2.50. The topological polar surface area (TPSA) is 0 Å². The van der Waals surface area contributed by atoms with Crippen molar-refractivity contribution in [2.45, 2.75) is 0 Å². The van der Waals surface area contributed by atoms with Gasteiger partial charge in [0.25, 0.3) is 0 Å². The molecule has 0 aromatic heterocycles. The van der Waals surface area contributed by atoms with Gasteiger partial charge in [0.15, 0.2) is 0 Å². The molecule has 4 heavy (non-hydrogen) atoms. The Morgan fingerprint density at radius 3 is 1.50 bits per heavy atom. The van der Waals surface area contributed by atoms with E-state index in [1.165, 1.54) is 0 Å². The molecular formula is HCl2HgNa. The van der Waals surface area contributed by atoms with Gasteiger partial charge in [-0.15, -0.1) is 0 Å². The van der Waals surface area contributed by atoms with Gasteiger partial charge in [-0.2, -0.15) is 0 Å². The van der Waals surface area contributed by atoms with Crippen molar-refractivity contribution in [3.05, 3.63) is 0 Å². The van der Waals surface area contributed by atoms with E-state index in [1.807, 2.05) is 0 Å². The Bertz CT molecular complexity index is 9.61. The standard InChI is InChI=1S/2ClH.Hg.Na.H/h2*1H;;;/q;;+2;+1;-1/p-2. The van der Waals surface area contributed by atoms with E-state index in [-0.39, 0.29) is 31.0 Å². The molecule has 4 heteroatoms. The Hall–Kier alpha value is 2.52. The van der Waals surface area contributed by atoms with Crippen LogP contribution in [0.5, 0.6) is 0 Å². The summed E-state index contributed by atoms with van der Waals surface area (Å²) in [5, 5.41) is 0. The Kier molecular flexibility index (Phi) is 22.1. The summed E-state index contributed by atoms with van der Waals surface area (Å²) in [5.74, 6) is 0. The van der Waals surface area contributed by atoms with Gasteiger partial charge in [-0.25, -0.2) is 0 Å². The fourth-order valence-corrected chi connectivity index (χ4v) is 0. The van der Waals surface area contributed by atoms with Crippen LogP contribution in [0.2, 0.25) is 0 Å². The van der Waals surface area contributed by atoms with E-state index in [0.717, 1.165) is 0 Å². The number of rotatable bonds is 0. The summed E-state index contributed by atoms with van der Waals surface area (Å²) in [5.41, 5.74) is 0. The first-order chi connectivity index (χ1) is 1.41. The second-order valence-corrected chi connectivity index (χ2v) is 7.98. The Morgan fingerprint density at radius 2 is 1.50 bits per heavy atom. The summed E-state index contributed by atoms with van der Waals surface area (Å²) in [6.45, 7) is 0. The quantitative estimate of drug-likeness (QED) is 0.477. The predicted octanol–water partition coefficient (Wildman–Crippen LogP) is -1.51. The van der Waals surface area contributed by atoms with Crippen molar-refractivity contribution in [2.75, 3.05) is 0 Å². The van der Waals surface area contributed by atoms with Crippen LogP contribution in [0.4, 0.5) is 0 Å². The molecule has 0 radical (unpaired) electrons. The summed E-state index contributed by atoms with van der Waals surface area (Å²) < 4.78 is 0. The molecule has 0 amide bonds. The molecule has 0 aromatic rings. The molecule has 0 nitrogen and oxygen atoms in total. The molecule has 0 aliphatic carbocycles. The van der Waals surface area contributed by atoms with Gasteiger partial charge < -0.3 is 1.43 Å². The van der Waals surface area contributed by atoms with Gasteiger partial charge in [0.1, 0.15) is 0 Å². The van der Waals surface area contributed by atoms with Crippen LogP contribution in [0, 0.1) is 0 Å². The molecule has 0 heterocycles. The summed E-state index contributed by atoms with van der Waals surface area (Å²) in [6, 6.07) is 0. The fourth-order valence-electron chi connectivity index (χ4n) is 0. The minimum Gasteiger partial charge on any atom is -1.00 e. The number of halogens is 2. The van der Waals surface area contributed by atoms with E-state index in [1.54, 1.807) is 0 Å². The smallest absolute Gasteiger partial charge is 1.00 e. The first-order valence-corrected chi connectivity index (χ1v) is 14.1. The third kappa shape index (κ3) is 8.82. The predicted molar refractivity (Wildman–Crippen MR) is 12.8 cm³/mol. The van der Waals surface area contributed by atoms with Crippen molar-refractivity contribution in [2.24, 2.45) is 0 Å². The van der Waals surface area contributed by atoms with Gasteiger partial charge in [0.2, 0.25) is 0 Å². The van der Waals surface area contributed by atoms with Crippen molar-refractivity contribution in [3.8, 4) is 0 Å². The number of hydrogen-bond donors (Lipinski definition) is 0. The van der Waals surface area contributed by atoms with Gasteiger partial charge >= 0.3 is 68.2 Å².